The molecule has 0 saturated carbocycles. The third kappa shape index (κ3) is 10.3. The average Bonchev–Trinajstić information content (AvgIpc) is 3.17. The Morgan fingerprint density at radius 3 is 2.00 bits per heavy atom. The highest BCUT2D eigenvalue weighted by Crippen LogP contribution is 2.36. The monoisotopic (exact) mass is 729 g/mol. The van der Waals surface area contributed by atoms with Gasteiger partial charge in [-0.1, -0.05) is 83.4 Å². The Bertz CT molecular complexity index is 1990. The number of hydrogen-bond acceptors (Lipinski definition) is 6. The number of benzene rings is 4. The molecule has 274 valence electrons. The minimum absolute atomic E-state index is 0.0577. The summed E-state index contributed by atoms with van der Waals surface area (Å²) in [5.74, 6) is 2.57. The van der Waals surface area contributed by atoms with Crippen LogP contribution in [-0.4, -0.2) is 53.5 Å². The van der Waals surface area contributed by atoms with E-state index in [1.807, 2.05) is 56.0 Å². The number of carbonyl (C=O) groups excluding carboxylic acids is 1. The number of amides is 1. The van der Waals surface area contributed by atoms with Gasteiger partial charge in [-0.05, 0) is 98.3 Å². The molecule has 1 aromatic heterocycles. The number of nitrogens with zero attached hydrogens (tertiary/aromatic N) is 3. The molecule has 1 aliphatic heterocycles. The van der Waals surface area contributed by atoms with Gasteiger partial charge in [0.05, 0.1) is 17.8 Å². The van der Waals surface area contributed by atoms with Crippen LogP contribution in [0.1, 0.15) is 52.8 Å². The first-order valence-corrected chi connectivity index (χ1v) is 18.6. The van der Waals surface area contributed by atoms with Crippen LogP contribution in [0.5, 0.6) is 23.1 Å². The van der Waals surface area contributed by atoms with Crippen molar-refractivity contribution in [2.75, 3.05) is 32.8 Å². The van der Waals surface area contributed by atoms with Crippen molar-refractivity contribution in [3.05, 3.63) is 153 Å². The number of aryl methyl sites for hydroxylation is 3. The Labute approximate surface area is 318 Å². The van der Waals surface area contributed by atoms with E-state index in [4.69, 9.17) is 25.8 Å². The van der Waals surface area contributed by atoms with Crippen molar-refractivity contribution < 1.29 is 19.0 Å². The van der Waals surface area contributed by atoms with Crippen molar-refractivity contribution in [1.29, 1.82) is 0 Å². The molecule has 0 spiro atoms. The first kappa shape index (κ1) is 37.6. The maximum absolute atomic E-state index is 13.6. The third-order valence-electron chi connectivity index (χ3n) is 9.76. The fourth-order valence-electron chi connectivity index (χ4n) is 6.26. The summed E-state index contributed by atoms with van der Waals surface area (Å²) in [6.07, 6.45) is 2.51. The molecule has 1 saturated heterocycles. The summed E-state index contributed by atoms with van der Waals surface area (Å²) in [5, 5.41) is 0.457. The number of allylic oxidation sites excluding steroid dienone is 1. The van der Waals surface area contributed by atoms with Crippen LogP contribution < -0.4 is 14.2 Å². The van der Waals surface area contributed by atoms with E-state index in [-0.39, 0.29) is 5.91 Å². The van der Waals surface area contributed by atoms with Crippen LogP contribution in [0.4, 0.5) is 0 Å². The molecule has 8 heteroatoms. The lowest BCUT2D eigenvalue weighted by atomic mass is 9.99. The molecular weight excluding hydrogens is 682 g/mol. The zero-order valence-corrected chi connectivity index (χ0v) is 32.1. The minimum Gasteiger partial charge on any atom is -0.493 e. The molecule has 0 unspecified atom stereocenters. The van der Waals surface area contributed by atoms with Crippen LogP contribution in [-0.2, 0) is 24.4 Å². The maximum Gasteiger partial charge on any atom is 0.249 e. The molecular formula is C45H48ClN3O4. The largest absolute Gasteiger partial charge is 0.493 e. The SMILES string of the molecule is C/C(C(=O)N1CCN(Cc2ccc(CCOc3ccc(C)cc3)cc2)CC1)=C(\C)c1cc(C)c(Oc2ccc(OCc3ccc(C)cc3)cn2)c(Cl)c1. The summed E-state index contributed by atoms with van der Waals surface area (Å²) < 4.78 is 17.9. The lowest BCUT2D eigenvalue weighted by molar-refractivity contribution is -0.128. The van der Waals surface area contributed by atoms with Crippen LogP contribution in [0.2, 0.25) is 5.02 Å². The van der Waals surface area contributed by atoms with E-state index in [0.717, 1.165) is 54.1 Å². The number of halogens is 1. The Morgan fingerprint density at radius 2 is 1.36 bits per heavy atom. The predicted molar refractivity (Wildman–Crippen MR) is 213 cm³/mol. The smallest absolute Gasteiger partial charge is 0.249 e. The topological polar surface area (TPSA) is 64.1 Å². The van der Waals surface area contributed by atoms with Crippen molar-refractivity contribution in [2.45, 2.75) is 54.2 Å². The summed E-state index contributed by atoms with van der Waals surface area (Å²) in [6, 6.07) is 32.7. The first-order valence-electron chi connectivity index (χ1n) is 18.2. The van der Waals surface area contributed by atoms with Crippen LogP contribution in [0.25, 0.3) is 5.57 Å². The van der Waals surface area contributed by atoms with Gasteiger partial charge in [-0.3, -0.25) is 9.69 Å². The number of piperazine rings is 1. The van der Waals surface area contributed by atoms with Gasteiger partial charge in [0.2, 0.25) is 11.8 Å². The molecule has 5 aromatic rings. The highest BCUT2D eigenvalue weighted by Gasteiger charge is 2.24. The Balaban J connectivity index is 0.979. The van der Waals surface area contributed by atoms with E-state index in [1.165, 1.54) is 22.3 Å². The number of aromatic nitrogens is 1. The van der Waals surface area contributed by atoms with Gasteiger partial charge in [0, 0.05) is 50.8 Å². The second-order valence-electron chi connectivity index (χ2n) is 13.9. The fraction of sp³-hybridized carbons (Fsp3) is 0.289. The van der Waals surface area contributed by atoms with Gasteiger partial charge >= 0.3 is 0 Å². The van der Waals surface area contributed by atoms with Crippen LogP contribution in [0.3, 0.4) is 0 Å². The summed E-state index contributed by atoms with van der Waals surface area (Å²) in [5.41, 5.74) is 9.42. The second-order valence-corrected chi connectivity index (χ2v) is 14.3. The van der Waals surface area contributed by atoms with E-state index >= 15 is 0 Å². The zero-order valence-electron chi connectivity index (χ0n) is 31.3. The average molecular weight is 730 g/mol. The molecule has 1 aliphatic rings. The number of ether oxygens (including phenoxy) is 3. The molecule has 0 aliphatic carbocycles. The third-order valence-corrected chi connectivity index (χ3v) is 10.0. The number of hydrogen-bond donors (Lipinski definition) is 0. The maximum atomic E-state index is 13.6. The van der Waals surface area contributed by atoms with Gasteiger partial charge in [0.1, 0.15) is 18.1 Å². The van der Waals surface area contributed by atoms with Gasteiger partial charge in [-0.15, -0.1) is 0 Å². The molecule has 53 heavy (non-hydrogen) atoms. The lowest BCUT2D eigenvalue weighted by Crippen LogP contribution is -2.48. The van der Waals surface area contributed by atoms with E-state index in [1.54, 1.807) is 12.3 Å². The molecule has 0 bridgehead atoms. The zero-order chi connectivity index (χ0) is 37.3. The highest BCUT2D eigenvalue weighted by molar-refractivity contribution is 6.32. The van der Waals surface area contributed by atoms with Gasteiger partial charge in [0.15, 0.2) is 5.75 Å². The minimum atomic E-state index is 0.0577. The van der Waals surface area contributed by atoms with E-state index in [2.05, 4.69) is 84.4 Å². The van der Waals surface area contributed by atoms with Crippen molar-refractivity contribution in [3.8, 4) is 23.1 Å². The van der Waals surface area contributed by atoms with Crippen LogP contribution in [0.15, 0.2) is 109 Å². The normalized spacial score (nSPS) is 13.7. The quantitative estimate of drug-likeness (QED) is 0.113. The van der Waals surface area contributed by atoms with Crippen molar-refractivity contribution in [2.24, 2.45) is 0 Å². The number of carbonyl (C=O) groups is 1. The van der Waals surface area contributed by atoms with Gasteiger partial charge in [0.25, 0.3) is 0 Å². The molecule has 1 fully saturated rings. The molecule has 2 heterocycles. The van der Waals surface area contributed by atoms with Gasteiger partial charge in [-0.25, -0.2) is 4.98 Å². The molecule has 1 amide bonds. The molecule has 6 rings (SSSR count). The number of pyridine rings is 1. The Kier molecular flexibility index (Phi) is 12.5. The van der Waals surface area contributed by atoms with E-state index in [9.17, 15) is 4.79 Å². The van der Waals surface area contributed by atoms with Crippen LogP contribution >= 0.6 is 11.6 Å². The number of rotatable bonds is 13. The van der Waals surface area contributed by atoms with Crippen LogP contribution in [0, 0.1) is 20.8 Å². The first-order chi connectivity index (χ1) is 25.6. The molecule has 0 N–H and O–H groups in total. The summed E-state index contributed by atoms with van der Waals surface area (Å²) in [4.78, 5) is 22.4. The van der Waals surface area contributed by atoms with Crippen molar-refractivity contribution >= 4 is 23.1 Å². The molecule has 0 radical (unpaired) electrons. The van der Waals surface area contributed by atoms with Gasteiger partial charge in [-0.2, -0.15) is 0 Å². The van der Waals surface area contributed by atoms with Crippen molar-refractivity contribution in [3.63, 3.8) is 0 Å². The molecule has 7 nitrogen and oxygen atoms in total. The summed E-state index contributed by atoms with van der Waals surface area (Å²) in [6.45, 7) is 15.0. The molecule has 4 aromatic carbocycles. The Hall–Kier alpha value is -5.11. The second kappa shape index (κ2) is 17.6. The fourth-order valence-corrected chi connectivity index (χ4v) is 6.56. The van der Waals surface area contributed by atoms with E-state index in [0.29, 0.717) is 54.3 Å². The van der Waals surface area contributed by atoms with E-state index < -0.39 is 0 Å². The standard InChI is InChI=1S/C45H48ClN3O4/c1-31-6-10-38(11-7-31)30-52-41-18-19-43(47-28-41)53-44-33(3)26-39(27-42(44)46)34(4)35(5)45(50)49-23-21-48(22-24-49)29-37-14-12-36(13-15-37)20-25-51-40-16-8-32(2)9-17-40/h6-19,26-28H,20-25,29-30H2,1-5H3/b35-34-. The summed E-state index contributed by atoms with van der Waals surface area (Å²) >= 11 is 6.76. The highest BCUT2D eigenvalue weighted by atomic mass is 35.5. The summed E-state index contributed by atoms with van der Waals surface area (Å²) in [7, 11) is 0. The lowest BCUT2D eigenvalue weighted by Gasteiger charge is -2.35. The van der Waals surface area contributed by atoms with Crippen molar-refractivity contribution in [1.82, 2.24) is 14.8 Å². The Morgan fingerprint density at radius 1 is 0.736 bits per heavy atom. The molecule has 0 atom stereocenters. The predicted octanol–water partition coefficient (Wildman–Crippen LogP) is 9.79. The van der Waals surface area contributed by atoms with Gasteiger partial charge < -0.3 is 19.1 Å².